The summed E-state index contributed by atoms with van der Waals surface area (Å²) in [6.07, 6.45) is 1.97. The molecule has 0 amide bonds. The highest BCUT2D eigenvalue weighted by atomic mass is 16.5. The summed E-state index contributed by atoms with van der Waals surface area (Å²) in [7, 11) is 0. The molecule has 0 aromatic heterocycles. The third-order valence-corrected chi connectivity index (χ3v) is 2.12. The maximum Gasteiger partial charge on any atom is 0.0735 e. The fraction of sp³-hybridized carbons (Fsp3) is 0.385. The molecule has 0 saturated heterocycles. The summed E-state index contributed by atoms with van der Waals surface area (Å²) in [4.78, 5) is 0. The van der Waals surface area contributed by atoms with Crippen LogP contribution < -0.4 is 0 Å². The molecule has 0 aliphatic carbocycles. The minimum atomic E-state index is 0.0392. The van der Waals surface area contributed by atoms with E-state index in [4.69, 9.17) is 9.84 Å². The summed E-state index contributed by atoms with van der Waals surface area (Å²) in [5.41, 5.74) is 2.11. The first-order chi connectivity index (χ1) is 7.22. The zero-order valence-electron chi connectivity index (χ0n) is 9.31. The van der Waals surface area contributed by atoms with Crippen LogP contribution in [0.5, 0.6) is 0 Å². The molecule has 0 fully saturated rings. The van der Waals surface area contributed by atoms with Gasteiger partial charge in [-0.2, -0.15) is 0 Å². The second-order valence-corrected chi connectivity index (χ2v) is 3.67. The summed E-state index contributed by atoms with van der Waals surface area (Å²) in [6.45, 7) is 4.57. The standard InChI is InChI=1S/C13H18O2/c1-11(9-14)8-12(2)15-10-13-6-4-3-5-7-13/h3-8,12,14H,9-10H2,1-2H3/b11-8-. The van der Waals surface area contributed by atoms with E-state index in [0.717, 1.165) is 5.57 Å². The molecule has 1 unspecified atom stereocenters. The second-order valence-electron chi connectivity index (χ2n) is 3.67. The van der Waals surface area contributed by atoms with Crippen molar-refractivity contribution in [2.75, 3.05) is 6.61 Å². The SMILES string of the molecule is C/C(=C/C(C)OCc1ccccc1)CO. The van der Waals surface area contributed by atoms with Crippen molar-refractivity contribution >= 4 is 0 Å². The van der Waals surface area contributed by atoms with E-state index in [1.54, 1.807) is 0 Å². The number of benzene rings is 1. The second kappa shape index (κ2) is 6.38. The van der Waals surface area contributed by atoms with Gasteiger partial charge in [0.15, 0.2) is 0 Å². The molecule has 0 spiro atoms. The van der Waals surface area contributed by atoms with Crippen molar-refractivity contribution in [1.29, 1.82) is 0 Å². The number of aliphatic hydroxyl groups is 1. The van der Waals surface area contributed by atoms with Crippen LogP contribution in [0.15, 0.2) is 42.0 Å². The lowest BCUT2D eigenvalue weighted by molar-refractivity contribution is 0.0831. The van der Waals surface area contributed by atoms with Crippen LogP contribution in [0.3, 0.4) is 0 Å². The fourth-order valence-electron chi connectivity index (χ4n) is 1.30. The first kappa shape index (κ1) is 12.0. The number of hydrogen-bond donors (Lipinski definition) is 1. The predicted molar refractivity (Wildman–Crippen MR) is 61.5 cm³/mol. The highest BCUT2D eigenvalue weighted by Crippen LogP contribution is 2.05. The van der Waals surface area contributed by atoms with Gasteiger partial charge in [-0.15, -0.1) is 0 Å². The van der Waals surface area contributed by atoms with E-state index in [1.165, 1.54) is 5.56 Å². The summed E-state index contributed by atoms with van der Waals surface area (Å²) in [5.74, 6) is 0. The third kappa shape index (κ3) is 4.77. The highest BCUT2D eigenvalue weighted by Gasteiger charge is 1.99. The van der Waals surface area contributed by atoms with Gasteiger partial charge in [0, 0.05) is 0 Å². The van der Waals surface area contributed by atoms with Gasteiger partial charge in [-0.3, -0.25) is 0 Å². The Morgan fingerprint density at radius 1 is 1.40 bits per heavy atom. The molecule has 2 nitrogen and oxygen atoms in total. The van der Waals surface area contributed by atoms with Crippen molar-refractivity contribution in [3.8, 4) is 0 Å². The number of rotatable bonds is 5. The Labute approximate surface area is 91.2 Å². The third-order valence-electron chi connectivity index (χ3n) is 2.12. The zero-order valence-corrected chi connectivity index (χ0v) is 9.31. The Bertz CT molecular complexity index is 304. The molecule has 0 heterocycles. The van der Waals surface area contributed by atoms with Gasteiger partial charge in [0.05, 0.1) is 19.3 Å². The molecule has 2 heteroatoms. The molecular weight excluding hydrogens is 188 g/mol. The lowest BCUT2D eigenvalue weighted by Gasteiger charge is -2.09. The first-order valence-corrected chi connectivity index (χ1v) is 5.16. The average molecular weight is 206 g/mol. The molecule has 82 valence electrons. The molecule has 0 aliphatic rings. The molecule has 15 heavy (non-hydrogen) atoms. The van der Waals surface area contributed by atoms with Gasteiger partial charge >= 0.3 is 0 Å². The van der Waals surface area contributed by atoms with E-state index in [1.807, 2.05) is 50.3 Å². The van der Waals surface area contributed by atoms with E-state index in [-0.39, 0.29) is 12.7 Å². The quantitative estimate of drug-likeness (QED) is 0.750. The van der Waals surface area contributed by atoms with Crippen LogP contribution in [0.2, 0.25) is 0 Å². The molecule has 0 bridgehead atoms. The molecule has 1 atom stereocenters. The van der Waals surface area contributed by atoms with Gasteiger partial charge < -0.3 is 9.84 Å². The Morgan fingerprint density at radius 2 is 2.07 bits per heavy atom. The van der Waals surface area contributed by atoms with Crippen LogP contribution >= 0.6 is 0 Å². The van der Waals surface area contributed by atoms with E-state index in [2.05, 4.69) is 0 Å². The lowest BCUT2D eigenvalue weighted by atomic mass is 10.2. The largest absolute Gasteiger partial charge is 0.392 e. The van der Waals surface area contributed by atoms with Gasteiger partial charge in [-0.1, -0.05) is 36.4 Å². The van der Waals surface area contributed by atoms with Crippen LogP contribution in [-0.4, -0.2) is 17.8 Å². The zero-order chi connectivity index (χ0) is 11.1. The maximum absolute atomic E-state index is 8.85. The van der Waals surface area contributed by atoms with E-state index in [9.17, 15) is 0 Å². The van der Waals surface area contributed by atoms with Crippen molar-refractivity contribution in [2.45, 2.75) is 26.6 Å². The molecule has 1 aromatic carbocycles. The minimum Gasteiger partial charge on any atom is -0.392 e. The van der Waals surface area contributed by atoms with Crippen LogP contribution in [-0.2, 0) is 11.3 Å². The van der Waals surface area contributed by atoms with Crippen LogP contribution in [0.4, 0.5) is 0 Å². The minimum absolute atomic E-state index is 0.0392. The highest BCUT2D eigenvalue weighted by molar-refractivity contribution is 5.13. The summed E-state index contributed by atoms with van der Waals surface area (Å²) in [6, 6.07) is 10.1. The topological polar surface area (TPSA) is 29.5 Å². The molecule has 0 radical (unpaired) electrons. The van der Waals surface area contributed by atoms with Crippen molar-refractivity contribution in [3.05, 3.63) is 47.5 Å². The van der Waals surface area contributed by atoms with Crippen LogP contribution in [0.25, 0.3) is 0 Å². The van der Waals surface area contributed by atoms with Gasteiger partial charge in [0.2, 0.25) is 0 Å². The smallest absolute Gasteiger partial charge is 0.0735 e. The van der Waals surface area contributed by atoms with Crippen molar-refractivity contribution < 1.29 is 9.84 Å². The predicted octanol–water partition coefficient (Wildman–Crippen LogP) is 2.53. The van der Waals surface area contributed by atoms with Crippen LogP contribution in [0.1, 0.15) is 19.4 Å². The molecule has 1 rings (SSSR count). The Kier molecular flexibility index (Phi) is 5.08. The van der Waals surface area contributed by atoms with Gasteiger partial charge in [-0.25, -0.2) is 0 Å². The summed E-state index contributed by atoms with van der Waals surface area (Å²) >= 11 is 0. The van der Waals surface area contributed by atoms with Gasteiger partial charge in [0.1, 0.15) is 0 Å². The Hall–Kier alpha value is -1.12. The van der Waals surface area contributed by atoms with Gasteiger partial charge in [-0.05, 0) is 25.0 Å². The summed E-state index contributed by atoms with van der Waals surface area (Å²) < 4.78 is 5.61. The van der Waals surface area contributed by atoms with Crippen molar-refractivity contribution in [1.82, 2.24) is 0 Å². The summed E-state index contributed by atoms with van der Waals surface area (Å²) in [5, 5.41) is 8.85. The molecular formula is C13H18O2. The van der Waals surface area contributed by atoms with Crippen molar-refractivity contribution in [2.24, 2.45) is 0 Å². The monoisotopic (exact) mass is 206 g/mol. The molecule has 1 aromatic rings. The Morgan fingerprint density at radius 3 is 2.67 bits per heavy atom. The molecule has 0 saturated carbocycles. The number of ether oxygens (including phenoxy) is 1. The fourth-order valence-corrected chi connectivity index (χ4v) is 1.30. The normalized spacial score (nSPS) is 13.9. The van der Waals surface area contributed by atoms with E-state index in [0.29, 0.717) is 6.61 Å². The average Bonchev–Trinajstić information content (AvgIpc) is 2.27. The Balaban J connectivity index is 2.38. The molecule has 0 aliphatic heterocycles. The van der Waals surface area contributed by atoms with Crippen molar-refractivity contribution in [3.63, 3.8) is 0 Å². The van der Waals surface area contributed by atoms with Gasteiger partial charge in [0.25, 0.3) is 0 Å². The van der Waals surface area contributed by atoms with E-state index < -0.39 is 0 Å². The number of aliphatic hydroxyl groups excluding tert-OH is 1. The first-order valence-electron chi connectivity index (χ1n) is 5.16. The maximum atomic E-state index is 8.85. The number of hydrogen-bond acceptors (Lipinski definition) is 2. The lowest BCUT2D eigenvalue weighted by Crippen LogP contribution is -2.06. The molecule has 1 N–H and O–H groups in total. The van der Waals surface area contributed by atoms with E-state index >= 15 is 0 Å². The van der Waals surface area contributed by atoms with Crippen LogP contribution in [0, 0.1) is 0 Å².